The van der Waals surface area contributed by atoms with Crippen LogP contribution >= 0.6 is 0 Å². The summed E-state index contributed by atoms with van der Waals surface area (Å²) in [5.41, 5.74) is 0. The molecule has 0 radical (unpaired) electrons. The van der Waals surface area contributed by atoms with E-state index in [1.165, 1.54) is 19.3 Å². The number of aliphatic carboxylic acids is 1. The molecule has 3 unspecified atom stereocenters. The van der Waals surface area contributed by atoms with Gasteiger partial charge >= 0.3 is 5.97 Å². The van der Waals surface area contributed by atoms with Crippen molar-refractivity contribution in [2.75, 3.05) is 13.2 Å². The van der Waals surface area contributed by atoms with Gasteiger partial charge in [-0.15, -0.1) is 0 Å². The molecule has 5 heteroatoms. The Morgan fingerprint density at radius 1 is 1.45 bits per heavy atom. The van der Waals surface area contributed by atoms with Gasteiger partial charge in [0.15, 0.2) is 5.79 Å². The van der Waals surface area contributed by atoms with Crippen LogP contribution in [0.25, 0.3) is 0 Å². The lowest BCUT2D eigenvalue weighted by Gasteiger charge is -2.41. The fourth-order valence-electron chi connectivity index (χ4n) is 3.44. The highest BCUT2D eigenvalue weighted by Gasteiger charge is 2.41. The zero-order chi connectivity index (χ0) is 14.8. The lowest BCUT2D eigenvalue weighted by Crippen LogP contribution is -2.47. The molecular formula is C15H27NO4. The molecule has 2 rings (SSSR count). The number of hydrogen-bond acceptors (Lipinski definition) is 4. The van der Waals surface area contributed by atoms with Gasteiger partial charge in [0.25, 0.3) is 0 Å². The summed E-state index contributed by atoms with van der Waals surface area (Å²) < 4.78 is 11.6. The molecule has 0 saturated carbocycles. The molecule has 3 atom stereocenters. The topological polar surface area (TPSA) is 59.0 Å². The van der Waals surface area contributed by atoms with E-state index in [0.717, 1.165) is 13.0 Å². The average Bonchev–Trinajstić information content (AvgIpc) is 2.70. The summed E-state index contributed by atoms with van der Waals surface area (Å²) in [7, 11) is 0. The number of carboxylic acid groups (broad SMARTS) is 1. The molecular weight excluding hydrogens is 258 g/mol. The number of likely N-dealkylation sites (tertiary alicyclic amines) is 1. The Hall–Kier alpha value is -0.650. The van der Waals surface area contributed by atoms with Crippen molar-refractivity contribution in [1.29, 1.82) is 0 Å². The Morgan fingerprint density at radius 2 is 2.20 bits per heavy atom. The van der Waals surface area contributed by atoms with E-state index in [1.54, 1.807) is 0 Å². The lowest BCUT2D eigenvalue weighted by molar-refractivity contribution is -0.174. The van der Waals surface area contributed by atoms with Crippen LogP contribution in [0.2, 0.25) is 0 Å². The van der Waals surface area contributed by atoms with E-state index in [-0.39, 0.29) is 12.5 Å². The first-order valence-electron chi connectivity index (χ1n) is 7.69. The first kappa shape index (κ1) is 15.7. The zero-order valence-corrected chi connectivity index (χ0v) is 12.8. The third-order valence-electron chi connectivity index (χ3n) is 4.34. The van der Waals surface area contributed by atoms with Crippen molar-refractivity contribution in [3.05, 3.63) is 0 Å². The third kappa shape index (κ3) is 3.93. The number of piperidine rings is 1. The maximum Gasteiger partial charge on any atom is 0.306 e. The fraction of sp³-hybridized carbons (Fsp3) is 0.933. The minimum absolute atomic E-state index is 0.0220. The van der Waals surface area contributed by atoms with E-state index < -0.39 is 11.8 Å². The number of carboxylic acids is 1. The van der Waals surface area contributed by atoms with Crippen LogP contribution in [0.4, 0.5) is 0 Å². The van der Waals surface area contributed by atoms with Crippen LogP contribution in [0.3, 0.4) is 0 Å². The van der Waals surface area contributed by atoms with Crippen LogP contribution in [0.5, 0.6) is 0 Å². The highest BCUT2D eigenvalue weighted by molar-refractivity contribution is 5.67. The number of ether oxygens (including phenoxy) is 2. The molecule has 0 aliphatic carbocycles. The molecule has 2 aliphatic heterocycles. The summed E-state index contributed by atoms with van der Waals surface area (Å²) in [6.07, 6.45) is 4.21. The average molecular weight is 285 g/mol. The Bertz CT molecular complexity index is 347. The van der Waals surface area contributed by atoms with Gasteiger partial charge < -0.3 is 14.6 Å². The number of rotatable bonds is 5. The molecule has 0 aromatic carbocycles. The van der Waals surface area contributed by atoms with Crippen molar-refractivity contribution in [2.24, 2.45) is 0 Å². The zero-order valence-electron chi connectivity index (χ0n) is 12.8. The molecule has 2 heterocycles. The smallest absolute Gasteiger partial charge is 0.306 e. The van der Waals surface area contributed by atoms with E-state index in [0.29, 0.717) is 18.7 Å². The minimum atomic E-state index is -0.829. The van der Waals surface area contributed by atoms with Crippen molar-refractivity contribution in [2.45, 2.75) is 76.9 Å². The molecule has 20 heavy (non-hydrogen) atoms. The quantitative estimate of drug-likeness (QED) is 0.839. The second kappa shape index (κ2) is 6.41. The van der Waals surface area contributed by atoms with Gasteiger partial charge in [0.1, 0.15) is 0 Å². The number of nitrogens with zero attached hydrogens (tertiary/aromatic N) is 1. The second-order valence-electron chi connectivity index (χ2n) is 6.47. The van der Waals surface area contributed by atoms with E-state index in [2.05, 4.69) is 18.7 Å². The predicted molar refractivity (Wildman–Crippen MR) is 75.6 cm³/mol. The van der Waals surface area contributed by atoms with Gasteiger partial charge in [0.05, 0.1) is 19.1 Å². The Balaban J connectivity index is 1.92. The third-order valence-corrected chi connectivity index (χ3v) is 4.34. The molecule has 0 spiro atoms. The predicted octanol–water partition coefficient (Wildman–Crippen LogP) is 2.25. The number of hydrogen-bond donors (Lipinski definition) is 1. The maximum absolute atomic E-state index is 10.8. The molecule has 2 saturated heterocycles. The SMILES string of the molecule is CC(C)N1CCCCC1CC1(C)OCC(CC(=O)O)O1. The number of carbonyl (C=O) groups is 1. The fourth-order valence-corrected chi connectivity index (χ4v) is 3.44. The van der Waals surface area contributed by atoms with Gasteiger partial charge in [-0.3, -0.25) is 9.69 Å². The Morgan fingerprint density at radius 3 is 2.85 bits per heavy atom. The van der Waals surface area contributed by atoms with Gasteiger partial charge in [0.2, 0.25) is 0 Å². The molecule has 0 amide bonds. The molecule has 116 valence electrons. The summed E-state index contributed by atoms with van der Waals surface area (Å²) in [5.74, 6) is -1.46. The van der Waals surface area contributed by atoms with Gasteiger partial charge in [-0.05, 0) is 40.2 Å². The van der Waals surface area contributed by atoms with E-state index >= 15 is 0 Å². The molecule has 5 nitrogen and oxygen atoms in total. The van der Waals surface area contributed by atoms with Crippen molar-refractivity contribution < 1.29 is 19.4 Å². The standard InChI is InChI=1S/C15H27NO4/c1-11(2)16-7-5-4-6-12(16)9-15(3)19-10-13(20-15)8-14(17)18/h11-13H,4-10H2,1-3H3,(H,17,18). The highest BCUT2D eigenvalue weighted by Crippen LogP contribution is 2.34. The van der Waals surface area contributed by atoms with Crippen LogP contribution in [0.1, 0.15) is 52.9 Å². The highest BCUT2D eigenvalue weighted by atomic mass is 16.7. The molecule has 0 bridgehead atoms. The second-order valence-corrected chi connectivity index (χ2v) is 6.47. The van der Waals surface area contributed by atoms with Gasteiger partial charge in [-0.25, -0.2) is 0 Å². The molecule has 0 aromatic heterocycles. The Kier molecular flexibility index (Phi) is 5.04. The summed E-state index contributed by atoms with van der Waals surface area (Å²) >= 11 is 0. The van der Waals surface area contributed by atoms with Crippen LogP contribution in [0.15, 0.2) is 0 Å². The summed E-state index contributed by atoms with van der Waals surface area (Å²) in [6, 6.07) is 0.998. The van der Waals surface area contributed by atoms with Crippen molar-refractivity contribution >= 4 is 5.97 Å². The molecule has 1 N–H and O–H groups in total. The molecule has 2 fully saturated rings. The van der Waals surface area contributed by atoms with Crippen LogP contribution < -0.4 is 0 Å². The first-order chi connectivity index (χ1) is 9.39. The monoisotopic (exact) mass is 285 g/mol. The van der Waals surface area contributed by atoms with Crippen molar-refractivity contribution in [3.8, 4) is 0 Å². The largest absolute Gasteiger partial charge is 0.481 e. The van der Waals surface area contributed by atoms with Gasteiger partial charge in [-0.1, -0.05) is 6.42 Å². The van der Waals surface area contributed by atoms with Crippen molar-refractivity contribution in [3.63, 3.8) is 0 Å². The van der Waals surface area contributed by atoms with Gasteiger partial charge in [-0.2, -0.15) is 0 Å². The van der Waals surface area contributed by atoms with E-state index in [9.17, 15) is 4.79 Å². The van der Waals surface area contributed by atoms with Crippen LogP contribution in [-0.4, -0.2) is 53.1 Å². The van der Waals surface area contributed by atoms with Crippen LogP contribution in [-0.2, 0) is 14.3 Å². The minimum Gasteiger partial charge on any atom is -0.481 e. The maximum atomic E-state index is 10.8. The molecule has 0 aromatic rings. The normalized spacial score (nSPS) is 35.6. The van der Waals surface area contributed by atoms with Crippen LogP contribution in [0, 0.1) is 0 Å². The van der Waals surface area contributed by atoms with E-state index in [4.69, 9.17) is 14.6 Å². The Labute approximate surface area is 121 Å². The van der Waals surface area contributed by atoms with Gasteiger partial charge in [0, 0.05) is 18.5 Å². The van der Waals surface area contributed by atoms with Crippen molar-refractivity contribution in [1.82, 2.24) is 4.90 Å². The van der Waals surface area contributed by atoms with E-state index in [1.807, 2.05) is 6.92 Å². The summed E-state index contributed by atoms with van der Waals surface area (Å²) in [4.78, 5) is 13.3. The summed E-state index contributed by atoms with van der Waals surface area (Å²) in [5, 5.41) is 8.84. The lowest BCUT2D eigenvalue weighted by atomic mass is 9.94. The summed E-state index contributed by atoms with van der Waals surface area (Å²) in [6.45, 7) is 7.92. The molecule has 2 aliphatic rings. The first-order valence-corrected chi connectivity index (χ1v) is 7.69.